The molecule has 0 unspecified atom stereocenters. The molecule has 0 aromatic carbocycles. The molecule has 1 aliphatic rings. The van der Waals surface area contributed by atoms with E-state index in [0.717, 1.165) is 29.3 Å². The van der Waals surface area contributed by atoms with Crippen LogP contribution in [0.25, 0.3) is 29.3 Å². The zero-order chi connectivity index (χ0) is 19.1. The van der Waals surface area contributed by atoms with E-state index in [1.165, 1.54) is 34.4 Å². The standard InChI is InChI=1S/C20H12O2S6/c21-28(22)19(17-7-5-15(26-17)13-3-1-9-24-13)11-23-12-20(28)18-8-6-16(27-18)14-4-2-10-25-14/h1-12H. The molecule has 4 aromatic rings. The summed E-state index contributed by atoms with van der Waals surface area (Å²) in [5, 5.41) is 7.56. The number of hydrogen-bond acceptors (Lipinski definition) is 7. The molecule has 0 saturated heterocycles. The molecular weight excluding hydrogens is 465 g/mol. The molecule has 28 heavy (non-hydrogen) atoms. The third-order valence-electron chi connectivity index (χ3n) is 4.15. The summed E-state index contributed by atoms with van der Waals surface area (Å²) in [6, 6.07) is 16.0. The minimum absolute atomic E-state index is 0.397. The van der Waals surface area contributed by atoms with Gasteiger partial charge in [0.05, 0.1) is 9.81 Å². The first kappa shape index (κ1) is 18.6. The molecule has 5 heterocycles. The summed E-state index contributed by atoms with van der Waals surface area (Å²) in [5.41, 5.74) is 0. The van der Waals surface area contributed by atoms with Crippen molar-refractivity contribution in [3.05, 3.63) is 79.9 Å². The average molecular weight is 477 g/mol. The molecule has 0 fully saturated rings. The van der Waals surface area contributed by atoms with Crippen LogP contribution >= 0.6 is 57.1 Å². The molecule has 0 saturated carbocycles. The zero-order valence-electron chi connectivity index (χ0n) is 14.2. The van der Waals surface area contributed by atoms with Crippen LogP contribution in [0.2, 0.25) is 0 Å². The van der Waals surface area contributed by atoms with Crippen molar-refractivity contribution in [2.24, 2.45) is 0 Å². The Kier molecular flexibility index (Phi) is 4.94. The van der Waals surface area contributed by atoms with Crippen molar-refractivity contribution < 1.29 is 8.42 Å². The van der Waals surface area contributed by atoms with E-state index in [1.54, 1.807) is 33.5 Å². The van der Waals surface area contributed by atoms with E-state index in [4.69, 9.17) is 0 Å². The Morgan fingerprint density at radius 1 is 0.571 bits per heavy atom. The highest BCUT2D eigenvalue weighted by atomic mass is 32.2. The predicted molar refractivity (Wildman–Crippen MR) is 128 cm³/mol. The van der Waals surface area contributed by atoms with Crippen LogP contribution in [0.15, 0.2) is 70.1 Å². The van der Waals surface area contributed by atoms with Gasteiger partial charge in [0.15, 0.2) is 0 Å². The monoisotopic (exact) mass is 476 g/mol. The van der Waals surface area contributed by atoms with Gasteiger partial charge < -0.3 is 0 Å². The van der Waals surface area contributed by atoms with Crippen LogP contribution in [-0.2, 0) is 9.84 Å². The van der Waals surface area contributed by atoms with Crippen molar-refractivity contribution >= 4 is 76.8 Å². The van der Waals surface area contributed by atoms with Crippen LogP contribution in [-0.4, -0.2) is 8.42 Å². The van der Waals surface area contributed by atoms with Crippen LogP contribution in [0.1, 0.15) is 9.75 Å². The van der Waals surface area contributed by atoms with Gasteiger partial charge in [-0.15, -0.1) is 57.1 Å². The Morgan fingerprint density at radius 2 is 1.04 bits per heavy atom. The Bertz CT molecular complexity index is 1190. The van der Waals surface area contributed by atoms with E-state index in [1.807, 2.05) is 47.2 Å². The first-order valence-corrected chi connectivity index (χ1v) is 14.0. The van der Waals surface area contributed by atoms with Gasteiger partial charge in [-0.3, -0.25) is 0 Å². The van der Waals surface area contributed by atoms with Crippen molar-refractivity contribution in [1.29, 1.82) is 0 Å². The predicted octanol–water partition coefficient (Wildman–Crippen LogP) is 7.73. The van der Waals surface area contributed by atoms with E-state index in [-0.39, 0.29) is 0 Å². The van der Waals surface area contributed by atoms with Gasteiger partial charge in [0, 0.05) is 29.3 Å². The van der Waals surface area contributed by atoms with Crippen molar-refractivity contribution in [3.63, 3.8) is 0 Å². The molecule has 5 rings (SSSR count). The molecule has 0 amide bonds. The summed E-state index contributed by atoms with van der Waals surface area (Å²) in [5.74, 6) is 0. The molecule has 0 spiro atoms. The average Bonchev–Trinajstić information content (AvgIpc) is 3.49. The highest BCUT2D eigenvalue weighted by molar-refractivity contribution is 8.15. The Morgan fingerprint density at radius 3 is 1.46 bits per heavy atom. The lowest BCUT2D eigenvalue weighted by Gasteiger charge is -2.13. The maximum absolute atomic E-state index is 13.4. The SMILES string of the molecule is O=S1(=O)C(c2ccc(-c3cccs3)s2)=CSC=C1c1ccc(-c2cccs2)s1. The summed E-state index contributed by atoms with van der Waals surface area (Å²) < 4.78 is 26.7. The molecule has 0 bridgehead atoms. The van der Waals surface area contributed by atoms with Gasteiger partial charge in [0.1, 0.15) is 0 Å². The normalized spacial score (nSPS) is 16.0. The lowest BCUT2D eigenvalue weighted by Crippen LogP contribution is -2.06. The van der Waals surface area contributed by atoms with E-state index in [2.05, 4.69) is 12.1 Å². The van der Waals surface area contributed by atoms with Crippen LogP contribution in [0.5, 0.6) is 0 Å². The van der Waals surface area contributed by atoms with Gasteiger partial charge in [-0.1, -0.05) is 12.1 Å². The van der Waals surface area contributed by atoms with Crippen molar-refractivity contribution in [3.8, 4) is 19.5 Å². The number of thiophene rings is 4. The third kappa shape index (κ3) is 3.28. The smallest absolute Gasteiger partial charge is 0.210 e. The number of rotatable bonds is 4. The molecule has 0 atom stereocenters. The van der Waals surface area contributed by atoms with Crippen molar-refractivity contribution in [2.45, 2.75) is 0 Å². The quantitative estimate of drug-likeness (QED) is 0.302. The third-order valence-corrected chi connectivity index (χ3v) is 11.7. The molecular formula is C20H12O2S6. The van der Waals surface area contributed by atoms with Gasteiger partial charge in [-0.05, 0) is 58.0 Å². The van der Waals surface area contributed by atoms with E-state index in [0.29, 0.717) is 9.81 Å². The summed E-state index contributed by atoms with van der Waals surface area (Å²) in [7, 11) is -3.55. The Labute approximate surface area is 183 Å². The van der Waals surface area contributed by atoms with Gasteiger partial charge >= 0.3 is 0 Å². The Balaban J connectivity index is 1.49. The molecule has 0 aliphatic carbocycles. The minimum Gasteiger partial charge on any atom is -0.218 e. The topological polar surface area (TPSA) is 34.1 Å². The van der Waals surface area contributed by atoms with Gasteiger partial charge in [0.25, 0.3) is 0 Å². The van der Waals surface area contributed by atoms with Crippen LogP contribution in [0.4, 0.5) is 0 Å². The molecule has 0 radical (unpaired) electrons. The lowest BCUT2D eigenvalue weighted by atomic mass is 10.3. The number of hydrogen-bond donors (Lipinski definition) is 0. The number of thioether (sulfide) groups is 1. The second-order valence-electron chi connectivity index (χ2n) is 5.89. The van der Waals surface area contributed by atoms with Crippen LogP contribution in [0, 0.1) is 0 Å². The highest BCUT2D eigenvalue weighted by Gasteiger charge is 2.31. The first-order chi connectivity index (χ1) is 13.6. The fourth-order valence-corrected chi connectivity index (χ4v) is 10.2. The lowest BCUT2D eigenvalue weighted by molar-refractivity contribution is 0.615. The largest absolute Gasteiger partial charge is 0.218 e. The van der Waals surface area contributed by atoms with E-state index < -0.39 is 9.84 Å². The van der Waals surface area contributed by atoms with Crippen molar-refractivity contribution in [2.75, 3.05) is 0 Å². The maximum Gasteiger partial charge on any atom is 0.210 e. The summed E-state index contributed by atoms with van der Waals surface area (Å²) in [6.07, 6.45) is 0. The first-order valence-electron chi connectivity index (χ1n) is 8.22. The van der Waals surface area contributed by atoms with Crippen LogP contribution in [0.3, 0.4) is 0 Å². The van der Waals surface area contributed by atoms with Crippen molar-refractivity contribution in [1.82, 2.24) is 0 Å². The summed E-state index contributed by atoms with van der Waals surface area (Å²) >= 11 is 7.81. The van der Waals surface area contributed by atoms with Crippen LogP contribution < -0.4 is 0 Å². The maximum atomic E-state index is 13.4. The Hall–Kier alpha value is -1.42. The number of sulfone groups is 1. The zero-order valence-corrected chi connectivity index (χ0v) is 19.1. The molecule has 1 aliphatic heterocycles. The van der Waals surface area contributed by atoms with Gasteiger partial charge in [-0.25, -0.2) is 8.42 Å². The molecule has 8 heteroatoms. The van der Waals surface area contributed by atoms with Gasteiger partial charge in [-0.2, -0.15) is 0 Å². The summed E-state index contributed by atoms with van der Waals surface area (Å²) in [6.45, 7) is 0. The minimum atomic E-state index is -3.55. The summed E-state index contributed by atoms with van der Waals surface area (Å²) in [4.78, 5) is 6.88. The second kappa shape index (κ2) is 7.44. The van der Waals surface area contributed by atoms with E-state index in [9.17, 15) is 8.42 Å². The molecule has 140 valence electrons. The fourth-order valence-electron chi connectivity index (χ4n) is 2.83. The molecule has 0 N–H and O–H groups in total. The van der Waals surface area contributed by atoms with E-state index >= 15 is 0 Å². The highest BCUT2D eigenvalue weighted by Crippen LogP contribution is 2.46. The molecule has 4 aromatic heterocycles. The molecule has 2 nitrogen and oxygen atoms in total. The fraction of sp³-hybridized carbons (Fsp3) is 0. The van der Waals surface area contributed by atoms with Gasteiger partial charge in [0.2, 0.25) is 9.84 Å². The second-order valence-corrected chi connectivity index (χ2v) is 12.6.